The molecule has 0 aliphatic rings. The Bertz CT molecular complexity index is 1300. The number of aromatic nitrogens is 4. The van der Waals surface area contributed by atoms with E-state index < -0.39 is 10.0 Å². The first-order chi connectivity index (χ1) is 14.9. The number of hydrogen-bond donors (Lipinski definition) is 2. The summed E-state index contributed by atoms with van der Waals surface area (Å²) in [6.45, 7) is 3.85. The minimum atomic E-state index is -3.33. The number of rotatable bonds is 8. The molecule has 4 rings (SSSR count). The van der Waals surface area contributed by atoms with Crippen molar-refractivity contribution in [3.8, 4) is 17.0 Å². The number of anilines is 2. The summed E-state index contributed by atoms with van der Waals surface area (Å²) < 4.78 is 35.1. The molecule has 0 unspecified atom stereocenters. The lowest BCUT2D eigenvalue weighted by Gasteiger charge is -2.11. The van der Waals surface area contributed by atoms with Gasteiger partial charge in [-0.1, -0.05) is 12.1 Å². The minimum absolute atomic E-state index is 0.471. The maximum absolute atomic E-state index is 11.4. The third-order valence-corrected chi connectivity index (χ3v) is 5.52. The topological polar surface area (TPSA) is 117 Å². The average Bonchev–Trinajstić information content (AvgIpc) is 3.33. The van der Waals surface area contributed by atoms with E-state index in [1.165, 1.54) is 6.33 Å². The molecule has 9 nitrogen and oxygen atoms in total. The van der Waals surface area contributed by atoms with Gasteiger partial charge in [-0.25, -0.2) is 18.1 Å². The molecule has 3 N–H and O–H groups in total. The van der Waals surface area contributed by atoms with Gasteiger partial charge in [0.2, 0.25) is 10.0 Å². The number of ether oxygens (including phenoxy) is 1. The standard InChI is InChI=1S/C21H24N6O3S/c1-3-27-19-12-17(30-11-10-26-14-23-13-24-26)8-9-18(19)20(22)21(27)15-4-6-16(7-5-15)25-31(2,28)29/h4-9,12-14,25H,3,10-11,22H2,1-2H3. The van der Waals surface area contributed by atoms with Crippen LogP contribution in [0.15, 0.2) is 55.1 Å². The van der Waals surface area contributed by atoms with Gasteiger partial charge in [-0.15, -0.1) is 0 Å². The molecule has 0 aliphatic carbocycles. The second-order valence-electron chi connectivity index (χ2n) is 7.14. The minimum Gasteiger partial charge on any atom is -0.492 e. The number of nitrogens with one attached hydrogen (secondary N) is 1. The smallest absolute Gasteiger partial charge is 0.229 e. The molecule has 0 bridgehead atoms. The lowest BCUT2D eigenvalue weighted by atomic mass is 10.1. The van der Waals surface area contributed by atoms with E-state index in [2.05, 4.69) is 26.3 Å². The summed E-state index contributed by atoms with van der Waals surface area (Å²) in [6.07, 6.45) is 4.27. The Kier molecular flexibility index (Phi) is 5.55. The van der Waals surface area contributed by atoms with Gasteiger partial charge in [-0.05, 0) is 31.2 Å². The molecule has 0 radical (unpaired) electrons. The van der Waals surface area contributed by atoms with Crippen LogP contribution >= 0.6 is 0 Å². The molecule has 0 amide bonds. The van der Waals surface area contributed by atoms with Crippen LogP contribution in [0.25, 0.3) is 22.2 Å². The lowest BCUT2D eigenvalue weighted by Crippen LogP contribution is -2.09. The van der Waals surface area contributed by atoms with Gasteiger partial charge in [-0.3, -0.25) is 4.72 Å². The third-order valence-electron chi connectivity index (χ3n) is 4.91. The maximum atomic E-state index is 11.4. The fraction of sp³-hybridized carbons (Fsp3) is 0.238. The number of fused-ring (bicyclic) bond motifs is 1. The van der Waals surface area contributed by atoms with Crippen molar-refractivity contribution in [3.05, 3.63) is 55.1 Å². The predicted octanol–water partition coefficient (Wildman–Crippen LogP) is 2.95. The van der Waals surface area contributed by atoms with Gasteiger partial charge in [-0.2, -0.15) is 5.10 Å². The van der Waals surface area contributed by atoms with Crippen molar-refractivity contribution >= 4 is 32.3 Å². The maximum Gasteiger partial charge on any atom is 0.229 e. The number of aryl methyl sites for hydroxylation is 1. The van der Waals surface area contributed by atoms with Crippen molar-refractivity contribution in [1.82, 2.24) is 19.3 Å². The van der Waals surface area contributed by atoms with Crippen LogP contribution in [0.2, 0.25) is 0 Å². The highest BCUT2D eigenvalue weighted by atomic mass is 32.2. The van der Waals surface area contributed by atoms with Gasteiger partial charge >= 0.3 is 0 Å². The van der Waals surface area contributed by atoms with E-state index in [0.717, 1.165) is 40.7 Å². The molecule has 0 spiro atoms. The summed E-state index contributed by atoms with van der Waals surface area (Å²) in [5.41, 5.74) is 10.5. The Labute approximate surface area is 180 Å². The summed E-state index contributed by atoms with van der Waals surface area (Å²) in [5, 5.41) is 5.01. The summed E-state index contributed by atoms with van der Waals surface area (Å²) in [4.78, 5) is 3.92. The van der Waals surface area contributed by atoms with Gasteiger partial charge in [0, 0.05) is 29.2 Å². The zero-order chi connectivity index (χ0) is 22.0. The third kappa shape index (κ3) is 4.48. The molecule has 2 aromatic carbocycles. The highest BCUT2D eigenvalue weighted by Crippen LogP contribution is 2.38. The van der Waals surface area contributed by atoms with Gasteiger partial charge in [0.05, 0.1) is 29.7 Å². The molecular weight excluding hydrogens is 416 g/mol. The van der Waals surface area contributed by atoms with Crippen LogP contribution in [0.1, 0.15) is 6.92 Å². The molecule has 4 aromatic rings. The molecule has 2 aromatic heterocycles. The van der Waals surface area contributed by atoms with Crippen molar-refractivity contribution in [2.45, 2.75) is 20.0 Å². The summed E-state index contributed by atoms with van der Waals surface area (Å²) >= 11 is 0. The second-order valence-corrected chi connectivity index (χ2v) is 8.89. The Balaban J connectivity index is 1.63. The first-order valence-corrected chi connectivity index (χ1v) is 11.7. The van der Waals surface area contributed by atoms with E-state index in [-0.39, 0.29) is 0 Å². The number of nitrogens with two attached hydrogens (primary N) is 1. The Morgan fingerprint density at radius 2 is 1.94 bits per heavy atom. The molecule has 0 aliphatic heterocycles. The van der Waals surface area contributed by atoms with Gasteiger partial charge < -0.3 is 15.0 Å². The molecule has 31 heavy (non-hydrogen) atoms. The Morgan fingerprint density at radius 3 is 2.58 bits per heavy atom. The fourth-order valence-corrected chi connectivity index (χ4v) is 4.17. The van der Waals surface area contributed by atoms with Crippen LogP contribution in [0.4, 0.5) is 11.4 Å². The highest BCUT2D eigenvalue weighted by Gasteiger charge is 2.17. The number of sulfonamides is 1. The Hall–Kier alpha value is -3.53. The van der Waals surface area contributed by atoms with E-state index in [1.54, 1.807) is 23.1 Å². The van der Waals surface area contributed by atoms with Crippen molar-refractivity contribution in [1.29, 1.82) is 0 Å². The number of nitrogens with zero attached hydrogens (tertiary/aromatic N) is 4. The molecule has 0 saturated heterocycles. The van der Waals surface area contributed by atoms with Crippen LogP contribution in [0.3, 0.4) is 0 Å². The average molecular weight is 441 g/mol. The number of hydrogen-bond acceptors (Lipinski definition) is 6. The molecule has 0 saturated carbocycles. The quantitative estimate of drug-likeness (QED) is 0.435. The van der Waals surface area contributed by atoms with Crippen LogP contribution in [0.5, 0.6) is 5.75 Å². The van der Waals surface area contributed by atoms with Gasteiger partial charge in [0.1, 0.15) is 25.0 Å². The van der Waals surface area contributed by atoms with E-state index in [4.69, 9.17) is 10.5 Å². The first-order valence-electron chi connectivity index (χ1n) is 9.81. The normalized spacial score (nSPS) is 11.7. The monoisotopic (exact) mass is 440 g/mol. The van der Waals surface area contributed by atoms with Crippen molar-refractivity contribution < 1.29 is 13.2 Å². The van der Waals surface area contributed by atoms with Crippen molar-refractivity contribution in [3.63, 3.8) is 0 Å². The van der Waals surface area contributed by atoms with E-state index in [1.807, 2.05) is 30.3 Å². The molecular formula is C21H24N6O3S. The van der Waals surface area contributed by atoms with Crippen LogP contribution < -0.4 is 15.2 Å². The summed E-state index contributed by atoms with van der Waals surface area (Å²) in [5.74, 6) is 0.749. The van der Waals surface area contributed by atoms with E-state index in [9.17, 15) is 8.42 Å². The number of nitrogen functional groups attached to an aromatic ring is 1. The van der Waals surface area contributed by atoms with Crippen LogP contribution in [-0.2, 0) is 23.1 Å². The van der Waals surface area contributed by atoms with Crippen LogP contribution in [-0.4, -0.2) is 40.6 Å². The van der Waals surface area contributed by atoms with Crippen LogP contribution in [0, 0.1) is 0 Å². The molecule has 0 fully saturated rings. The fourth-order valence-electron chi connectivity index (χ4n) is 3.60. The largest absolute Gasteiger partial charge is 0.492 e. The summed E-state index contributed by atoms with van der Waals surface area (Å²) in [6, 6.07) is 13.0. The highest BCUT2D eigenvalue weighted by molar-refractivity contribution is 7.92. The second kappa shape index (κ2) is 8.31. The van der Waals surface area contributed by atoms with Crippen molar-refractivity contribution in [2.24, 2.45) is 0 Å². The zero-order valence-corrected chi connectivity index (χ0v) is 18.1. The SMILES string of the molecule is CCn1c(-c2ccc(NS(C)(=O)=O)cc2)c(N)c2ccc(OCCn3cncn3)cc21. The Morgan fingerprint density at radius 1 is 1.16 bits per heavy atom. The van der Waals surface area contributed by atoms with Gasteiger partial charge in [0.25, 0.3) is 0 Å². The molecule has 10 heteroatoms. The molecule has 162 valence electrons. The van der Waals surface area contributed by atoms with Gasteiger partial charge in [0.15, 0.2) is 0 Å². The lowest BCUT2D eigenvalue weighted by molar-refractivity contribution is 0.291. The predicted molar refractivity (Wildman–Crippen MR) is 121 cm³/mol. The number of benzene rings is 2. The zero-order valence-electron chi connectivity index (χ0n) is 17.3. The van der Waals surface area contributed by atoms with E-state index >= 15 is 0 Å². The van der Waals surface area contributed by atoms with E-state index in [0.29, 0.717) is 24.5 Å². The molecule has 2 heterocycles. The molecule has 0 atom stereocenters. The van der Waals surface area contributed by atoms with Crippen molar-refractivity contribution in [2.75, 3.05) is 23.3 Å². The summed E-state index contributed by atoms with van der Waals surface area (Å²) in [7, 11) is -3.33. The first kappa shape index (κ1) is 20.7.